The molecule has 0 saturated heterocycles. The largest absolute Gasteiger partial charge is 0.352 e. The maximum atomic E-state index is 12.9. The van der Waals surface area contributed by atoms with Crippen molar-refractivity contribution in [3.05, 3.63) is 57.7 Å². The van der Waals surface area contributed by atoms with Crippen molar-refractivity contribution >= 4 is 22.2 Å². The van der Waals surface area contributed by atoms with E-state index in [1.807, 2.05) is 17.8 Å². The molecule has 2 N–H and O–H groups in total. The minimum Gasteiger partial charge on any atom is -0.352 e. The van der Waals surface area contributed by atoms with E-state index in [1.54, 1.807) is 11.3 Å². The van der Waals surface area contributed by atoms with Gasteiger partial charge in [0.15, 0.2) is 0 Å². The van der Waals surface area contributed by atoms with Gasteiger partial charge in [-0.3, -0.25) is 9.48 Å². The topological polar surface area (TPSA) is 59.0 Å². The molecule has 1 aliphatic heterocycles. The molecule has 134 valence electrons. The summed E-state index contributed by atoms with van der Waals surface area (Å²) in [6.07, 6.45) is 1.58. The SMILES string of the molecule is CCn1ncc([C@H]2NC(=O)c3c(-c4ccc(C)c(C)c4)csc3N2)c1C. The van der Waals surface area contributed by atoms with E-state index in [4.69, 9.17) is 0 Å². The van der Waals surface area contributed by atoms with Crippen LogP contribution in [-0.4, -0.2) is 15.7 Å². The minimum absolute atomic E-state index is 0.0399. The van der Waals surface area contributed by atoms with Crippen LogP contribution in [0.3, 0.4) is 0 Å². The lowest BCUT2D eigenvalue weighted by molar-refractivity contribution is 0.0937. The molecule has 4 rings (SSSR count). The van der Waals surface area contributed by atoms with Crippen LogP contribution in [0.4, 0.5) is 5.00 Å². The summed E-state index contributed by atoms with van der Waals surface area (Å²) in [6, 6.07) is 6.33. The smallest absolute Gasteiger partial charge is 0.256 e. The van der Waals surface area contributed by atoms with Gasteiger partial charge in [0, 0.05) is 28.7 Å². The quantitative estimate of drug-likeness (QED) is 0.722. The van der Waals surface area contributed by atoms with E-state index < -0.39 is 0 Å². The number of aryl methyl sites for hydroxylation is 3. The van der Waals surface area contributed by atoms with Gasteiger partial charge in [0.2, 0.25) is 0 Å². The number of thiophene rings is 1. The molecule has 0 fully saturated rings. The number of carbonyl (C=O) groups is 1. The Hall–Kier alpha value is -2.60. The number of fused-ring (bicyclic) bond motifs is 1. The Bertz CT molecular complexity index is 1000. The number of nitrogens with zero attached hydrogens (tertiary/aromatic N) is 2. The maximum Gasteiger partial charge on any atom is 0.256 e. The molecule has 26 heavy (non-hydrogen) atoms. The van der Waals surface area contributed by atoms with Crippen molar-refractivity contribution in [3.8, 4) is 11.1 Å². The number of rotatable bonds is 3. The van der Waals surface area contributed by atoms with Gasteiger partial charge in [-0.25, -0.2) is 0 Å². The van der Waals surface area contributed by atoms with Gasteiger partial charge in [-0.1, -0.05) is 18.2 Å². The normalized spacial score (nSPS) is 16.2. The molecule has 0 unspecified atom stereocenters. The van der Waals surface area contributed by atoms with Crippen molar-refractivity contribution < 1.29 is 4.79 Å². The highest BCUT2D eigenvalue weighted by atomic mass is 32.1. The van der Waals surface area contributed by atoms with E-state index in [1.165, 1.54) is 11.1 Å². The Labute approximate surface area is 157 Å². The molecule has 1 aromatic carbocycles. The van der Waals surface area contributed by atoms with Gasteiger partial charge in [-0.15, -0.1) is 11.3 Å². The Morgan fingerprint density at radius 3 is 2.69 bits per heavy atom. The Kier molecular flexibility index (Phi) is 4.07. The molecule has 0 spiro atoms. The third-order valence-corrected chi connectivity index (χ3v) is 6.05. The van der Waals surface area contributed by atoms with Gasteiger partial charge in [0.1, 0.15) is 11.2 Å². The number of hydrogen-bond acceptors (Lipinski definition) is 4. The monoisotopic (exact) mass is 366 g/mol. The fourth-order valence-electron chi connectivity index (χ4n) is 3.40. The van der Waals surface area contributed by atoms with Gasteiger partial charge in [0.05, 0.1) is 11.8 Å². The van der Waals surface area contributed by atoms with E-state index in [9.17, 15) is 4.79 Å². The number of benzene rings is 1. The molecular weight excluding hydrogens is 344 g/mol. The highest BCUT2D eigenvalue weighted by Crippen LogP contribution is 2.40. The van der Waals surface area contributed by atoms with Crippen molar-refractivity contribution in [2.45, 2.75) is 40.4 Å². The molecule has 0 bridgehead atoms. The lowest BCUT2D eigenvalue weighted by Crippen LogP contribution is -2.38. The molecule has 0 radical (unpaired) electrons. The first-order valence-electron chi connectivity index (χ1n) is 8.78. The van der Waals surface area contributed by atoms with E-state index in [0.29, 0.717) is 0 Å². The molecule has 1 aliphatic rings. The zero-order chi connectivity index (χ0) is 18.4. The van der Waals surface area contributed by atoms with Crippen molar-refractivity contribution in [2.24, 2.45) is 0 Å². The predicted molar refractivity (Wildman–Crippen MR) is 106 cm³/mol. The van der Waals surface area contributed by atoms with Crippen molar-refractivity contribution in [1.29, 1.82) is 0 Å². The van der Waals surface area contributed by atoms with E-state index in [0.717, 1.165) is 39.5 Å². The van der Waals surface area contributed by atoms with Crippen LogP contribution in [0.5, 0.6) is 0 Å². The molecule has 6 heteroatoms. The summed E-state index contributed by atoms with van der Waals surface area (Å²) in [5, 5.41) is 13.9. The van der Waals surface area contributed by atoms with Crippen LogP contribution in [0.2, 0.25) is 0 Å². The summed E-state index contributed by atoms with van der Waals surface area (Å²) in [7, 11) is 0. The number of anilines is 1. The van der Waals surface area contributed by atoms with Crippen molar-refractivity contribution in [1.82, 2.24) is 15.1 Å². The van der Waals surface area contributed by atoms with E-state index in [-0.39, 0.29) is 12.1 Å². The van der Waals surface area contributed by atoms with Crippen molar-refractivity contribution in [3.63, 3.8) is 0 Å². The van der Waals surface area contributed by atoms with Gasteiger partial charge in [-0.05, 0) is 44.4 Å². The first-order valence-corrected chi connectivity index (χ1v) is 9.66. The number of carbonyl (C=O) groups excluding carboxylic acids is 1. The summed E-state index contributed by atoms with van der Waals surface area (Å²) < 4.78 is 1.94. The predicted octanol–water partition coefficient (Wildman–Crippen LogP) is 4.41. The Balaban J connectivity index is 1.71. The second-order valence-electron chi connectivity index (χ2n) is 6.70. The fourth-order valence-corrected chi connectivity index (χ4v) is 4.40. The Morgan fingerprint density at radius 2 is 2.00 bits per heavy atom. The second-order valence-corrected chi connectivity index (χ2v) is 7.58. The van der Waals surface area contributed by atoms with Crippen LogP contribution >= 0.6 is 11.3 Å². The average molecular weight is 366 g/mol. The van der Waals surface area contributed by atoms with Gasteiger partial charge in [0.25, 0.3) is 5.91 Å². The first-order chi connectivity index (χ1) is 12.5. The van der Waals surface area contributed by atoms with Crippen molar-refractivity contribution in [2.75, 3.05) is 5.32 Å². The fraction of sp³-hybridized carbons (Fsp3) is 0.300. The third kappa shape index (κ3) is 2.61. The third-order valence-electron chi connectivity index (χ3n) is 5.14. The summed E-state index contributed by atoms with van der Waals surface area (Å²) >= 11 is 1.58. The van der Waals surface area contributed by atoms with Crippen LogP contribution in [0.25, 0.3) is 11.1 Å². The van der Waals surface area contributed by atoms with Gasteiger partial charge >= 0.3 is 0 Å². The first kappa shape index (κ1) is 16.8. The molecular formula is C20H22N4OS. The molecule has 1 amide bonds. The summed E-state index contributed by atoms with van der Waals surface area (Å²) in [6.45, 7) is 9.10. The van der Waals surface area contributed by atoms with Crippen LogP contribution in [-0.2, 0) is 6.54 Å². The molecule has 5 nitrogen and oxygen atoms in total. The molecule has 0 aliphatic carbocycles. The van der Waals surface area contributed by atoms with Crippen LogP contribution in [0.15, 0.2) is 29.8 Å². The minimum atomic E-state index is -0.249. The average Bonchev–Trinajstić information content (AvgIpc) is 3.21. The summed E-state index contributed by atoms with van der Waals surface area (Å²) in [4.78, 5) is 12.9. The second kappa shape index (κ2) is 6.29. The molecule has 2 aromatic heterocycles. The standard InChI is InChI=1S/C20H22N4OS/c1-5-24-13(4)15(9-21-24)18-22-19(25)17-16(10-26-20(17)23-18)14-7-6-11(2)12(3)8-14/h6-10,18,23H,5H2,1-4H3,(H,22,25)/t18-/m0/s1. The molecule has 0 saturated carbocycles. The highest BCUT2D eigenvalue weighted by Gasteiger charge is 2.30. The maximum absolute atomic E-state index is 12.9. The summed E-state index contributed by atoms with van der Waals surface area (Å²) in [5.74, 6) is -0.0399. The lowest BCUT2D eigenvalue weighted by atomic mass is 9.98. The zero-order valence-corrected chi connectivity index (χ0v) is 16.2. The molecule has 1 atom stereocenters. The van der Waals surface area contributed by atoms with Gasteiger partial charge < -0.3 is 10.6 Å². The van der Waals surface area contributed by atoms with E-state index >= 15 is 0 Å². The highest BCUT2D eigenvalue weighted by molar-refractivity contribution is 7.15. The number of hydrogen-bond donors (Lipinski definition) is 2. The molecule has 3 heterocycles. The lowest BCUT2D eigenvalue weighted by Gasteiger charge is -2.26. The van der Waals surface area contributed by atoms with Gasteiger partial charge in [-0.2, -0.15) is 5.10 Å². The number of nitrogens with one attached hydrogen (secondary N) is 2. The van der Waals surface area contributed by atoms with E-state index in [2.05, 4.69) is 60.1 Å². The summed E-state index contributed by atoms with van der Waals surface area (Å²) in [5.41, 5.74) is 7.35. The molecule has 3 aromatic rings. The Morgan fingerprint density at radius 1 is 1.19 bits per heavy atom. The van der Waals surface area contributed by atoms with Crippen LogP contribution < -0.4 is 10.6 Å². The number of amides is 1. The number of aromatic nitrogens is 2. The zero-order valence-electron chi connectivity index (χ0n) is 15.4. The van der Waals surface area contributed by atoms with Crippen LogP contribution in [0, 0.1) is 20.8 Å². The van der Waals surface area contributed by atoms with Crippen LogP contribution in [0.1, 0.15) is 45.8 Å².